The van der Waals surface area contributed by atoms with Gasteiger partial charge in [0.2, 0.25) is 5.75 Å². The van der Waals surface area contributed by atoms with Gasteiger partial charge in [-0.3, -0.25) is 19.7 Å². The van der Waals surface area contributed by atoms with Crippen LogP contribution < -0.4 is 9.47 Å². The molecule has 1 aromatic rings. The number of hydrazone groups is 1. The van der Waals surface area contributed by atoms with Crippen molar-refractivity contribution in [2.45, 2.75) is 12.8 Å². The standard InChI is InChI=1S/C19H19N3O6/c1-27-14-8-15(28-2)13(22(25)26)7-12(14)9-20-21-18(23)16-10-3-4-11(6-5-10)17(16)19(21)24/h3-4,7-11,16-17H,5-6H2,1-2H3/b20-9-/t10-,11+,16-,17-/m0/s1. The lowest BCUT2D eigenvalue weighted by Gasteiger charge is -2.37. The van der Waals surface area contributed by atoms with E-state index in [9.17, 15) is 19.7 Å². The molecule has 1 heterocycles. The van der Waals surface area contributed by atoms with E-state index in [0.717, 1.165) is 17.9 Å². The number of ether oxygens (including phenoxy) is 2. The zero-order valence-corrected chi connectivity index (χ0v) is 15.4. The predicted molar refractivity (Wildman–Crippen MR) is 98.0 cm³/mol. The van der Waals surface area contributed by atoms with Crippen LogP contribution in [0.5, 0.6) is 11.5 Å². The molecule has 9 heteroatoms. The number of nitrogens with zero attached hydrogens (tertiary/aromatic N) is 3. The lowest BCUT2D eigenvalue weighted by Crippen LogP contribution is -2.38. The second-order valence-corrected chi connectivity index (χ2v) is 7.10. The van der Waals surface area contributed by atoms with Crippen LogP contribution in [0.2, 0.25) is 0 Å². The smallest absolute Gasteiger partial charge is 0.311 e. The maximum absolute atomic E-state index is 12.8. The summed E-state index contributed by atoms with van der Waals surface area (Å²) in [6.07, 6.45) is 7.11. The Kier molecular flexibility index (Phi) is 4.37. The van der Waals surface area contributed by atoms with Gasteiger partial charge in [0.1, 0.15) is 5.75 Å². The van der Waals surface area contributed by atoms with Gasteiger partial charge in [0.15, 0.2) is 0 Å². The number of nitro groups is 1. The average Bonchev–Trinajstić information content (AvgIpc) is 2.98. The van der Waals surface area contributed by atoms with Crippen LogP contribution in [0.15, 0.2) is 29.4 Å². The van der Waals surface area contributed by atoms with E-state index in [1.807, 2.05) is 12.2 Å². The number of nitro benzene ring substituents is 1. The quantitative estimate of drug-likeness (QED) is 0.252. The summed E-state index contributed by atoms with van der Waals surface area (Å²) in [6, 6.07) is 2.61. The maximum Gasteiger partial charge on any atom is 0.311 e. The molecular weight excluding hydrogens is 366 g/mol. The van der Waals surface area contributed by atoms with Gasteiger partial charge in [-0.15, -0.1) is 0 Å². The largest absolute Gasteiger partial charge is 0.496 e. The number of hydrogen-bond acceptors (Lipinski definition) is 7. The number of imide groups is 1. The van der Waals surface area contributed by atoms with E-state index in [4.69, 9.17) is 9.47 Å². The van der Waals surface area contributed by atoms with Crippen molar-refractivity contribution >= 4 is 23.7 Å². The molecule has 9 nitrogen and oxygen atoms in total. The van der Waals surface area contributed by atoms with Crippen LogP contribution in [0.25, 0.3) is 0 Å². The molecule has 1 aromatic carbocycles. The van der Waals surface area contributed by atoms with Crippen molar-refractivity contribution in [2.24, 2.45) is 28.8 Å². The fourth-order valence-electron chi connectivity index (χ4n) is 4.44. The van der Waals surface area contributed by atoms with Gasteiger partial charge < -0.3 is 9.47 Å². The topological polar surface area (TPSA) is 111 Å². The molecule has 0 aromatic heterocycles. The van der Waals surface area contributed by atoms with Crippen LogP contribution in [0, 0.1) is 33.8 Å². The molecule has 0 unspecified atom stereocenters. The summed E-state index contributed by atoms with van der Waals surface area (Å²) >= 11 is 0. The number of carbonyl (C=O) groups is 2. The molecule has 0 spiro atoms. The summed E-state index contributed by atoms with van der Waals surface area (Å²) in [5, 5.41) is 16.2. The molecule has 4 atom stereocenters. The van der Waals surface area contributed by atoms with Gasteiger partial charge in [-0.1, -0.05) is 12.2 Å². The van der Waals surface area contributed by atoms with Crippen molar-refractivity contribution in [2.75, 3.05) is 14.2 Å². The van der Waals surface area contributed by atoms with E-state index in [-0.39, 0.29) is 58.2 Å². The van der Waals surface area contributed by atoms with E-state index in [2.05, 4.69) is 5.10 Å². The Morgan fingerprint density at radius 3 is 2.11 bits per heavy atom. The summed E-state index contributed by atoms with van der Waals surface area (Å²) in [4.78, 5) is 36.3. The molecule has 0 radical (unpaired) electrons. The van der Waals surface area contributed by atoms with Crippen LogP contribution in [-0.4, -0.2) is 42.2 Å². The van der Waals surface area contributed by atoms with E-state index in [1.165, 1.54) is 32.6 Å². The van der Waals surface area contributed by atoms with Crippen molar-refractivity contribution in [3.8, 4) is 11.5 Å². The Hall–Kier alpha value is -3.23. The minimum absolute atomic E-state index is 0.0426. The third-order valence-electron chi connectivity index (χ3n) is 5.78. The van der Waals surface area contributed by atoms with Crippen molar-refractivity contribution < 1.29 is 24.0 Å². The first-order valence-corrected chi connectivity index (χ1v) is 8.96. The molecule has 3 aliphatic carbocycles. The number of carbonyl (C=O) groups excluding carboxylic acids is 2. The second kappa shape index (κ2) is 6.74. The highest BCUT2D eigenvalue weighted by atomic mass is 16.6. The summed E-state index contributed by atoms with van der Waals surface area (Å²) in [5.74, 6) is -0.877. The maximum atomic E-state index is 12.8. The number of allylic oxidation sites excluding steroid dienone is 2. The lowest BCUT2D eigenvalue weighted by molar-refractivity contribution is -0.385. The van der Waals surface area contributed by atoms with Gasteiger partial charge in [0.25, 0.3) is 11.8 Å². The molecule has 1 saturated heterocycles. The van der Waals surface area contributed by atoms with Crippen LogP contribution in [0.3, 0.4) is 0 Å². The third-order valence-corrected chi connectivity index (χ3v) is 5.78. The first-order chi connectivity index (χ1) is 13.5. The normalized spacial score (nSPS) is 28.1. The third kappa shape index (κ3) is 2.65. The monoisotopic (exact) mass is 385 g/mol. The lowest BCUT2D eigenvalue weighted by atomic mass is 9.63. The van der Waals surface area contributed by atoms with Crippen LogP contribution in [-0.2, 0) is 9.59 Å². The Bertz CT molecular complexity index is 892. The number of hydrogen-bond donors (Lipinski definition) is 0. The summed E-state index contributed by atoms with van der Waals surface area (Å²) in [5.41, 5.74) is 0.00584. The van der Waals surface area contributed by atoms with Gasteiger partial charge in [0, 0.05) is 17.7 Å². The van der Waals surface area contributed by atoms with Crippen molar-refractivity contribution in [1.29, 1.82) is 0 Å². The Morgan fingerprint density at radius 2 is 1.64 bits per heavy atom. The Balaban J connectivity index is 1.66. The molecule has 146 valence electrons. The van der Waals surface area contributed by atoms with Crippen molar-refractivity contribution in [1.82, 2.24) is 5.01 Å². The average molecular weight is 385 g/mol. The summed E-state index contributed by atoms with van der Waals surface area (Å²) < 4.78 is 10.3. The number of fused-ring (bicyclic) bond motifs is 1. The molecule has 2 amide bonds. The molecule has 28 heavy (non-hydrogen) atoms. The fraction of sp³-hybridized carbons (Fsp3) is 0.421. The predicted octanol–water partition coefficient (Wildman–Crippen LogP) is 2.14. The zero-order valence-electron chi connectivity index (χ0n) is 15.4. The van der Waals surface area contributed by atoms with E-state index in [1.54, 1.807) is 0 Å². The molecule has 4 aliphatic rings. The summed E-state index contributed by atoms with van der Waals surface area (Å²) in [6.45, 7) is 0. The van der Waals surface area contributed by atoms with Crippen molar-refractivity contribution in [3.63, 3.8) is 0 Å². The number of benzene rings is 1. The van der Waals surface area contributed by atoms with E-state index >= 15 is 0 Å². The molecule has 2 bridgehead atoms. The first kappa shape index (κ1) is 18.1. The van der Waals surface area contributed by atoms with E-state index < -0.39 is 4.92 Å². The number of rotatable bonds is 5. The minimum Gasteiger partial charge on any atom is -0.496 e. The molecule has 1 saturated carbocycles. The highest BCUT2D eigenvalue weighted by Crippen LogP contribution is 2.49. The van der Waals surface area contributed by atoms with Gasteiger partial charge in [0.05, 0.1) is 37.2 Å². The molecule has 2 fully saturated rings. The van der Waals surface area contributed by atoms with Gasteiger partial charge in [-0.2, -0.15) is 10.1 Å². The van der Waals surface area contributed by atoms with Crippen LogP contribution >= 0.6 is 0 Å². The highest BCUT2D eigenvalue weighted by molar-refractivity contribution is 6.06. The molecule has 5 rings (SSSR count). The van der Waals surface area contributed by atoms with Gasteiger partial charge in [-0.05, 0) is 24.7 Å². The molecule has 0 N–H and O–H groups in total. The minimum atomic E-state index is -0.584. The van der Waals surface area contributed by atoms with Crippen LogP contribution in [0.1, 0.15) is 18.4 Å². The number of methoxy groups -OCH3 is 2. The molecule has 1 aliphatic heterocycles. The number of amides is 2. The zero-order chi connectivity index (χ0) is 20.0. The Labute approximate surface area is 160 Å². The van der Waals surface area contributed by atoms with Gasteiger partial charge in [-0.25, -0.2) is 0 Å². The molecular formula is C19H19N3O6. The van der Waals surface area contributed by atoms with Crippen molar-refractivity contribution in [3.05, 3.63) is 40.0 Å². The highest BCUT2D eigenvalue weighted by Gasteiger charge is 2.56. The SMILES string of the molecule is COc1cc(OC)c([N+](=O)[O-])cc1/C=N\N1C(=O)[C@@H]2[C@@H](C1=O)[C@H]1C=C[C@@H]2CC1. The summed E-state index contributed by atoms with van der Waals surface area (Å²) in [7, 11) is 2.73. The van der Waals surface area contributed by atoms with Gasteiger partial charge >= 0.3 is 5.69 Å². The fourth-order valence-corrected chi connectivity index (χ4v) is 4.44. The first-order valence-electron chi connectivity index (χ1n) is 8.96. The van der Waals surface area contributed by atoms with Crippen LogP contribution in [0.4, 0.5) is 5.69 Å². The van der Waals surface area contributed by atoms with E-state index in [0.29, 0.717) is 0 Å². The second-order valence-electron chi connectivity index (χ2n) is 7.10. The Morgan fingerprint density at radius 1 is 1.07 bits per heavy atom.